The predicted octanol–water partition coefficient (Wildman–Crippen LogP) is 5.62. The zero-order valence-electron chi connectivity index (χ0n) is 29.0. The first-order valence-electron chi connectivity index (χ1n) is 17.2. The van der Waals surface area contributed by atoms with Gasteiger partial charge >= 0.3 is 0 Å². The number of piperidine rings is 1. The van der Waals surface area contributed by atoms with Crippen LogP contribution in [0.3, 0.4) is 0 Å². The van der Waals surface area contributed by atoms with E-state index in [2.05, 4.69) is 40.3 Å². The molecule has 4 aromatic rings. The molecule has 0 bridgehead atoms. The highest BCUT2D eigenvalue weighted by atomic mass is 32.2. The largest absolute Gasteiger partial charge is 0.324 e. The molecule has 1 aliphatic carbocycles. The van der Waals surface area contributed by atoms with E-state index in [-0.39, 0.29) is 23.9 Å². The van der Waals surface area contributed by atoms with Crippen LogP contribution in [-0.4, -0.2) is 87.5 Å². The number of aryl methyl sites for hydroxylation is 1. The van der Waals surface area contributed by atoms with E-state index in [4.69, 9.17) is 4.98 Å². The number of aromatic nitrogens is 3. The van der Waals surface area contributed by atoms with Crippen LogP contribution in [0.25, 0.3) is 22.2 Å². The molecule has 0 spiro atoms. The Bertz CT molecular complexity index is 2100. The summed E-state index contributed by atoms with van der Waals surface area (Å²) >= 11 is 0. The lowest BCUT2D eigenvalue weighted by Crippen LogP contribution is -2.37. The molecule has 2 aromatic heterocycles. The van der Waals surface area contributed by atoms with Gasteiger partial charge in [0, 0.05) is 53.1 Å². The summed E-state index contributed by atoms with van der Waals surface area (Å²) in [6.45, 7) is 3.83. The second kappa shape index (κ2) is 14.3. The van der Waals surface area contributed by atoms with Gasteiger partial charge in [-0.1, -0.05) is 37.5 Å². The summed E-state index contributed by atoms with van der Waals surface area (Å²) in [4.78, 5) is 26.6. The molecular weight excluding hydrogens is 657 g/mol. The van der Waals surface area contributed by atoms with Gasteiger partial charge < -0.3 is 10.2 Å². The van der Waals surface area contributed by atoms with Gasteiger partial charge in [-0.3, -0.25) is 13.6 Å². The number of fused-ring (bicyclic) bond motifs is 1. The molecular formula is C37H48N6O4S2. The number of likely N-dealkylation sites (N-methyl/N-ethyl adjacent to an activating group) is 1. The van der Waals surface area contributed by atoms with E-state index in [0.717, 1.165) is 43.4 Å². The second-order valence-corrected chi connectivity index (χ2v) is 18.5. The molecule has 1 N–H and O–H groups in total. The molecule has 2 fully saturated rings. The maximum Gasteiger partial charge on any atom is 0.260 e. The molecule has 3 heterocycles. The van der Waals surface area contributed by atoms with Crippen molar-refractivity contribution in [1.29, 1.82) is 0 Å². The number of rotatable bonds is 10. The number of anilines is 2. The lowest BCUT2D eigenvalue weighted by Gasteiger charge is -2.31. The van der Waals surface area contributed by atoms with E-state index in [1.807, 2.05) is 37.3 Å². The minimum Gasteiger partial charge on any atom is -0.324 e. The van der Waals surface area contributed by atoms with E-state index in [9.17, 15) is 17.4 Å². The van der Waals surface area contributed by atoms with E-state index >= 15 is 0 Å². The van der Waals surface area contributed by atoms with Crippen molar-refractivity contribution in [3.63, 3.8) is 0 Å². The van der Waals surface area contributed by atoms with Crippen molar-refractivity contribution in [3.05, 3.63) is 76.2 Å². The molecule has 10 nitrogen and oxygen atoms in total. The van der Waals surface area contributed by atoms with Crippen LogP contribution in [0.1, 0.15) is 62.0 Å². The smallest absolute Gasteiger partial charge is 0.260 e. The van der Waals surface area contributed by atoms with Crippen molar-refractivity contribution >= 4 is 48.1 Å². The highest BCUT2D eigenvalue weighted by Gasteiger charge is 2.27. The summed E-state index contributed by atoms with van der Waals surface area (Å²) in [5.74, 6) is 5.16. The number of nitrogens with one attached hydrogen (secondary N) is 1. The number of hydrogen-bond donors (Lipinski definition) is 1. The highest BCUT2D eigenvalue weighted by molar-refractivity contribution is 8.00. The lowest BCUT2D eigenvalue weighted by atomic mass is 9.84. The third-order valence-corrected chi connectivity index (χ3v) is 14.3. The molecule has 49 heavy (non-hydrogen) atoms. The fourth-order valence-electron chi connectivity index (χ4n) is 7.09. The molecule has 1 aliphatic heterocycles. The number of pyridine rings is 1. The van der Waals surface area contributed by atoms with Gasteiger partial charge in [0.05, 0.1) is 6.26 Å². The quantitative estimate of drug-likeness (QED) is 0.212. The Hall–Kier alpha value is -3.58. The van der Waals surface area contributed by atoms with Crippen LogP contribution < -0.4 is 10.9 Å². The van der Waals surface area contributed by atoms with E-state index in [1.165, 1.54) is 53.6 Å². The second-order valence-electron chi connectivity index (χ2n) is 13.9. The minimum absolute atomic E-state index is 0.0400. The molecule has 1 unspecified atom stereocenters. The standard InChI is InChI=1S/C37H48N6O4S2/c1-26-11-16-32(48(4,45)31-17-19-41(2)20-18-31)24-33(26)34-23-29-25-38-37(39-30-14-12-28(13-15-30)27-9-7-6-8-10-27)40-35(29)43(36(34)44)22-21-42(3)49(5,46)47/h11-16,23-25,27,31H,4,6-10,17-22H2,1-3,5H3,(H,38,39,40). The number of benzene rings is 2. The summed E-state index contributed by atoms with van der Waals surface area (Å²) in [7, 11) is -2.53. The molecule has 1 atom stereocenters. The van der Waals surface area contributed by atoms with Crippen LogP contribution >= 0.6 is 0 Å². The van der Waals surface area contributed by atoms with E-state index in [0.29, 0.717) is 38.9 Å². The SMILES string of the molecule is C=S(=O)(c1ccc(C)c(-c2cc3cnc(Nc4ccc(C5CCCCC5)cc4)nc3n(CCN(C)S(C)(=O)=O)c2=O)c1)C1CCN(C)CC1. The average Bonchev–Trinajstić information content (AvgIpc) is 3.08. The predicted molar refractivity (Wildman–Crippen MR) is 201 cm³/mol. The zero-order valence-corrected chi connectivity index (χ0v) is 30.7. The summed E-state index contributed by atoms with van der Waals surface area (Å²) in [6, 6.07) is 15.8. The van der Waals surface area contributed by atoms with Crippen molar-refractivity contribution in [3.8, 4) is 11.1 Å². The Morgan fingerprint density at radius 3 is 2.33 bits per heavy atom. The van der Waals surface area contributed by atoms with E-state index in [1.54, 1.807) is 12.3 Å². The Labute approximate surface area is 290 Å². The molecule has 2 aromatic carbocycles. The maximum atomic E-state index is 14.4. The van der Waals surface area contributed by atoms with E-state index < -0.39 is 19.5 Å². The highest BCUT2D eigenvalue weighted by Crippen LogP contribution is 2.34. The molecule has 1 saturated carbocycles. The molecule has 12 heteroatoms. The fourth-order valence-corrected chi connectivity index (χ4v) is 9.48. The van der Waals surface area contributed by atoms with Gasteiger partial charge in [0.25, 0.3) is 5.56 Å². The number of hydrogen-bond acceptors (Lipinski definition) is 8. The van der Waals surface area contributed by atoms with Crippen LogP contribution in [0.15, 0.2) is 64.4 Å². The van der Waals surface area contributed by atoms with Gasteiger partial charge in [-0.15, -0.1) is 0 Å². The number of sulfonamides is 1. The van der Waals surface area contributed by atoms with Crippen molar-refractivity contribution in [1.82, 2.24) is 23.7 Å². The molecule has 1 saturated heterocycles. The van der Waals surface area contributed by atoms with Gasteiger partial charge in [-0.25, -0.2) is 17.7 Å². The molecule has 2 aliphatic rings. The molecule has 6 rings (SSSR count). The number of likely N-dealkylation sites (tertiary alicyclic amines) is 1. The number of nitrogens with zero attached hydrogens (tertiary/aromatic N) is 5. The normalized spacial score (nSPS) is 18.1. The Morgan fingerprint density at radius 1 is 0.959 bits per heavy atom. The van der Waals surface area contributed by atoms with Crippen molar-refractivity contribution in [2.45, 2.75) is 74.5 Å². The van der Waals surface area contributed by atoms with Crippen molar-refractivity contribution in [2.24, 2.45) is 0 Å². The summed E-state index contributed by atoms with van der Waals surface area (Å²) in [6.07, 6.45) is 10.8. The van der Waals surface area contributed by atoms with Gasteiger partial charge in [0.15, 0.2) is 0 Å². The first-order valence-corrected chi connectivity index (χ1v) is 20.8. The summed E-state index contributed by atoms with van der Waals surface area (Å²) < 4.78 is 41.4. The fraction of sp³-hybridized carbons (Fsp3) is 0.459. The lowest BCUT2D eigenvalue weighted by molar-refractivity contribution is 0.280. The first kappa shape index (κ1) is 35.3. The summed E-state index contributed by atoms with van der Waals surface area (Å²) in [5.41, 5.74) is 4.21. The molecule has 0 radical (unpaired) electrons. The van der Waals surface area contributed by atoms with Gasteiger partial charge in [-0.2, -0.15) is 4.98 Å². The Balaban J connectivity index is 1.38. The minimum atomic E-state index is -3.47. The summed E-state index contributed by atoms with van der Waals surface area (Å²) in [5, 5.41) is 3.88. The Kier molecular flexibility index (Phi) is 10.3. The van der Waals surface area contributed by atoms with Crippen molar-refractivity contribution in [2.75, 3.05) is 45.3 Å². The van der Waals surface area contributed by atoms with Crippen LogP contribution in [0, 0.1) is 6.92 Å². The van der Waals surface area contributed by atoms with Gasteiger partial charge in [-0.05, 0) is 121 Å². The third kappa shape index (κ3) is 7.77. The van der Waals surface area contributed by atoms with Crippen LogP contribution in [0.4, 0.5) is 11.6 Å². The third-order valence-electron chi connectivity index (χ3n) is 10.4. The zero-order chi connectivity index (χ0) is 34.9. The average molecular weight is 705 g/mol. The topological polar surface area (TPSA) is 117 Å². The van der Waals surface area contributed by atoms with Crippen LogP contribution in [0.2, 0.25) is 0 Å². The molecule has 262 valence electrons. The van der Waals surface area contributed by atoms with Crippen LogP contribution in [0.5, 0.6) is 0 Å². The van der Waals surface area contributed by atoms with Gasteiger partial charge in [0.2, 0.25) is 16.0 Å². The Morgan fingerprint density at radius 2 is 1.65 bits per heavy atom. The maximum absolute atomic E-state index is 14.4. The van der Waals surface area contributed by atoms with Crippen molar-refractivity contribution < 1.29 is 12.6 Å². The molecule has 0 amide bonds. The van der Waals surface area contributed by atoms with Gasteiger partial charge in [0.1, 0.15) is 5.65 Å². The first-order chi connectivity index (χ1) is 23.3. The monoisotopic (exact) mass is 704 g/mol. The van der Waals surface area contributed by atoms with Crippen LogP contribution in [-0.2, 0) is 26.1 Å².